The molecule has 31 heavy (non-hydrogen) atoms. The van der Waals surface area contributed by atoms with Crippen molar-refractivity contribution in [1.29, 1.82) is 0 Å². The predicted octanol–water partition coefficient (Wildman–Crippen LogP) is 9.44. The van der Waals surface area contributed by atoms with Crippen molar-refractivity contribution >= 4 is 0 Å². The SMILES string of the molecule is CC1CCC2(C)C(CCC3(C)C2CCC2C4=CC(C)(C)CCC4(C)CCC23C)C1(C)C. The third-order valence-corrected chi connectivity index (χ3v) is 13.6. The highest BCUT2D eigenvalue weighted by Crippen LogP contribution is 2.76. The van der Waals surface area contributed by atoms with Gasteiger partial charge in [0.2, 0.25) is 0 Å². The molecular weight excluding hydrogens is 372 g/mol. The summed E-state index contributed by atoms with van der Waals surface area (Å²) in [4.78, 5) is 0. The summed E-state index contributed by atoms with van der Waals surface area (Å²) in [5, 5.41) is 0. The second kappa shape index (κ2) is 6.44. The monoisotopic (exact) mass is 424 g/mol. The zero-order chi connectivity index (χ0) is 22.7. The quantitative estimate of drug-likeness (QED) is 0.340. The van der Waals surface area contributed by atoms with Crippen LogP contribution in [0.2, 0.25) is 0 Å². The molecule has 8 unspecified atom stereocenters. The molecule has 0 N–H and O–H groups in total. The van der Waals surface area contributed by atoms with Crippen LogP contribution in [-0.2, 0) is 0 Å². The van der Waals surface area contributed by atoms with Gasteiger partial charge in [-0.1, -0.05) is 74.0 Å². The molecule has 0 spiro atoms. The Kier molecular flexibility index (Phi) is 4.68. The molecule has 0 nitrogen and oxygen atoms in total. The summed E-state index contributed by atoms with van der Waals surface area (Å²) in [6.45, 7) is 23.7. The van der Waals surface area contributed by atoms with Gasteiger partial charge in [-0.3, -0.25) is 0 Å². The van der Waals surface area contributed by atoms with Crippen molar-refractivity contribution in [3.05, 3.63) is 11.6 Å². The van der Waals surface area contributed by atoms with Gasteiger partial charge in [0, 0.05) is 0 Å². The molecule has 0 bridgehead atoms. The Morgan fingerprint density at radius 3 is 2.03 bits per heavy atom. The van der Waals surface area contributed by atoms with Crippen molar-refractivity contribution in [3.8, 4) is 0 Å². The fraction of sp³-hybridized carbons (Fsp3) is 0.935. The topological polar surface area (TPSA) is 0 Å². The molecule has 176 valence electrons. The summed E-state index contributed by atoms with van der Waals surface area (Å²) in [7, 11) is 0. The van der Waals surface area contributed by atoms with Crippen molar-refractivity contribution in [2.75, 3.05) is 0 Å². The van der Waals surface area contributed by atoms with E-state index in [1.165, 1.54) is 64.2 Å². The van der Waals surface area contributed by atoms with Crippen LogP contribution in [0.5, 0.6) is 0 Å². The van der Waals surface area contributed by atoms with Gasteiger partial charge in [0.05, 0.1) is 0 Å². The first-order valence-corrected chi connectivity index (χ1v) is 13.9. The minimum Gasteiger partial charge on any atom is -0.0788 e. The molecule has 0 aromatic rings. The third kappa shape index (κ3) is 2.78. The van der Waals surface area contributed by atoms with Crippen LogP contribution in [0, 0.1) is 56.2 Å². The lowest BCUT2D eigenvalue weighted by molar-refractivity contribution is -0.220. The Hall–Kier alpha value is -0.260. The van der Waals surface area contributed by atoms with E-state index in [0.717, 1.165) is 23.7 Å². The fourth-order valence-electron chi connectivity index (χ4n) is 10.8. The van der Waals surface area contributed by atoms with Gasteiger partial charge in [0.25, 0.3) is 0 Å². The van der Waals surface area contributed by atoms with Gasteiger partial charge >= 0.3 is 0 Å². The van der Waals surface area contributed by atoms with Crippen LogP contribution in [0.1, 0.15) is 127 Å². The van der Waals surface area contributed by atoms with Gasteiger partial charge in [-0.05, 0) is 120 Å². The normalized spacial score (nSPS) is 55.2. The minimum atomic E-state index is 0.401. The number of fused-ring (bicyclic) bond motifs is 7. The van der Waals surface area contributed by atoms with Crippen LogP contribution in [-0.4, -0.2) is 0 Å². The van der Waals surface area contributed by atoms with E-state index in [1.54, 1.807) is 0 Å². The molecular formula is C31H52. The zero-order valence-corrected chi connectivity index (χ0v) is 22.5. The molecule has 5 aliphatic carbocycles. The first-order chi connectivity index (χ1) is 14.2. The van der Waals surface area contributed by atoms with Crippen LogP contribution in [0.15, 0.2) is 11.6 Å². The molecule has 8 atom stereocenters. The summed E-state index contributed by atoms with van der Waals surface area (Å²) in [6, 6.07) is 0. The minimum absolute atomic E-state index is 0.401. The largest absolute Gasteiger partial charge is 0.0788 e. The Labute approximate surface area is 194 Å². The second-order valence-corrected chi connectivity index (χ2v) is 15.5. The van der Waals surface area contributed by atoms with E-state index in [2.05, 4.69) is 68.4 Å². The maximum absolute atomic E-state index is 2.79. The zero-order valence-electron chi connectivity index (χ0n) is 22.5. The highest BCUT2D eigenvalue weighted by atomic mass is 14.7. The highest BCUT2D eigenvalue weighted by Gasteiger charge is 2.68. The van der Waals surface area contributed by atoms with E-state index in [9.17, 15) is 0 Å². The Morgan fingerprint density at radius 1 is 0.645 bits per heavy atom. The van der Waals surface area contributed by atoms with Gasteiger partial charge in [-0.25, -0.2) is 0 Å². The molecule has 4 fully saturated rings. The highest BCUT2D eigenvalue weighted by molar-refractivity contribution is 5.31. The van der Waals surface area contributed by atoms with Crippen molar-refractivity contribution < 1.29 is 0 Å². The van der Waals surface area contributed by atoms with Gasteiger partial charge in [-0.15, -0.1) is 0 Å². The van der Waals surface area contributed by atoms with Crippen LogP contribution >= 0.6 is 0 Å². The van der Waals surface area contributed by atoms with E-state index in [-0.39, 0.29) is 0 Å². The summed E-state index contributed by atoms with van der Waals surface area (Å²) >= 11 is 0. The van der Waals surface area contributed by atoms with Gasteiger partial charge in [0.15, 0.2) is 0 Å². The van der Waals surface area contributed by atoms with E-state index < -0.39 is 0 Å². The summed E-state index contributed by atoms with van der Waals surface area (Å²) in [5.74, 6) is 3.56. The molecule has 0 aromatic heterocycles. The second-order valence-electron chi connectivity index (χ2n) is 15.5. The third-order valence-electron chi connectivity index (χ3n) is 13.6. The molecule has 0 heterocycles. The summed E-state index contributed by atoms with van der Waals surface area (Å²) in [5.41, 5.74) is 4.87. The average molecular weight is 425 g/mol. The van der Waals surface area contributed by atoms with Gasteiger partial charge in [0.1, 0.15) is 0 Å². The van der Waals surface area contributed by atoms with Crippen LogP contribution in [0.4, 0.5) is 0 Å². The van der Waals surface area contributed by atoms with Crippen molar-refractivity contribution in [2.24, 2.45) is 56.2 Å². The molecule has 0 aliphatic heterocycles. The Morgan fingerprint density at radius 2 is 1.32 bits per heavy atom. The molecule has 0 saturated heterocycles. The average Bonchev–Trinajstić information content (AvgIpc) is 2.67. The van der Waals surface area contributed by atoms with Crippen LogP contribution in [0.25, 0.3) is 0 Å². The van der Waals surface area contributed by atoms with E-state index >= 15 is 0 Å². The lowest BCUT2D eigenvalue weighted by Crippen LogP contribution is -2.65. The molecule has 0 heteroatoms. The smallest absolute Gasteiger partial charge is 0.0113 e. The first kappa shape index (κ1) is 22.5. The first-order valence-electron chi connectivity index (χ1n) is 13.9. The number of hydrogen-bond acceptors (Lipinski definition) is 0. The molecule has 4 saturated carbocycles. The molecule has 0 aromatic carbocycles. The maximum atomic E-state index is 2.79. The van der Waals surface area contributed by atoms with E-state index in [4.69, 9.17) is 0 Å². The van der Waals surface area contributed by atoms with Crippen molar-refractivity contribution in [3.63, 3.8) is 0 Å². The summed E-state index contributed by atoms with van der Waals surface area (Å²) < 4.78 is 0. The maximum Gasteiger partial charge on any atom is -0.0113 e. The Balaban J connectivity index is 1.56. The van der Waals surface area contributed by atoms with Gasteiger partial charge < -0.3 is 0 Å². The molecule has 5 aliphatic rings. The van der Waals surface area contributed by atoms with Crippen LogP contribution in [0.3, 0.4) is 0 Å². The summed E-state index contributed by atoms with van der Waals surface area (Å²) in [6.07, 6.45) is 17.3. The lowest BCUT2D eigenvalue weighted by atomic mass is 9.32. The molecule has 0 radical (unpaired) electrons. The fourth-order valence-corrected chi connectivity index (χ4v) is 10.8. The predicted molar refractivity (Wildman–Crippen MR) is 134 cm³/mol. The number of allylic oxidation sites excluding steroid dienone is 2. The lowest BCUT2D eigenvalue weighted by Gasteiger charge is -2.72. The van der Waals surface area contributed by atoms with Gasteiger partial charge in [-0.2, -0.15) is 0 Å². The Bertz CT molecular complexity index is 784. The standard InChI is InChI=1S/C31H52/c1-21-12-14-29(7)24(27(21,4)5)13-15-31(9)25(29)11-10-22-23-20-26(2,3)16-17-28(23,6)18-19-30(22,31)8/h20-22,24-25H,10-19H2,1-9H3. The number of hydrogen-bond donors (Lipinski definition) is 0. The van der Waals surface area contributed by atoms with Crippen molar-refractivity contribution in [2.45, 2.75) is 127 Å². The van der Waals surface area contributed by atoms with E-state index in [1.807, 2.05) is 5.57 Å². The van der Waals surface area contributed by atoms with Crippen molar-refractivity contribution in [1.82, 2.24) is 0 Å². The number of rotatable bonds is 0. The molecule has 0 amide bonds. The van der Waals surface area contributed by atoms with E-state index in [0.29, 0.717) is 32.5 Å². The van der Waals surface area contributed by atoms with Crippen LogP contribution < -0.4 is 0 Å². The molecule has 5 rings (SSSR count).